The van der Waals surface area contributed by atoms with E-state index in [1.165, 1.54) is 34.8 Å². The number of para-hydroxylation sites is 1. The van der Waals surface area contributed by atoms with E-state index in [0.717, 1.165) is 35.6 Å². The molecule has 0 unspecified atom stereocenters. The standard InChI is InChI=1S/C22H27N3O2S2/c26-20(23-13-5-10-21-24-16-6-1-3-8-18(16)29-21)11-12-22(27)25-14-15-28-19-9-4-2-7-17(19)25/h2,4,7,9H,1,3,5-6,8,10-15H2,(H,23,26). The van der Waals surface area contributed by atoms with Gasteiger partial charge in [0.05, 0.1) is 16.4 Å². The van der Waals surface area contributed by atoms with E-state index in [0.29, 0.717) is 13.1 Å². The van der Waals surface area contributed by atoms with Gasteiger partial charge in [0.2, 0.25) is 11.8 Å². The molecule has 0 bridgehead atoms. The van der Waals surface area contributed by atoms with Crippen molar-refractivity contribution in [2.45, 2.75) is 56.3 Å². The quantitative estimate of drug-likeness (QED) is 0.676. The molecule has 5 nitrogen and oxygen atoms in total. The molecule has 2 heterocycles. The van der Waals surface area contributed by atoms with Crippen LogP contribution in [0.1, 0.15) is 47.7 Å². The summed E-state index contributed by atoms with van der Waals surface area (Å²) in [6, 6.07) is 7.98. The van der Waals surface area contributed by atoms with Crippen molar-refractivity contribution in [2.75, 3.05) is 23.7 Å². The number of amides is 2. The van der Waals surface area contributed by atoms with E-state index < -0.39 is 0 Å². The molecular weight excluding hydrogens is 402 g/mol. The summed E-state index contributed by atoms with van der Waals surface area (Å²) in [4.78, 5) is 33.9. The summed E-state index contributed by atoms with van der Waals surface area (Å²) < 4.78 is 0. The first-order valence-electron chi connectivity index (χ1n) is 10.5. The van der Waals surface area contributed by atoms with Crippen molar-refractivity contribution in [1.29, 1.82) is 0 Å². The Morgan fingerprint density at radius 3 is 2.90 bits per heavy atom. The highest BCUT2D eigenvalue weighted by Crippen LogP contribution is 2.34. The van der Waals surface area contributed by atoms with Gasteiger partial charge >= 0.3 is 0 Å². The lowest BCUT2D eigenvalue weighted by atomic mass is 10.0. The molecule has 1 aromatic carbocycles. The molecule has 2 amide bonds. The van der Waals surface area contributed by atoms with Crippen LogP contribution in [0.15, 0.2) is 29.2 Å². The van der Waals surface area contributed by atoms with Crippen molar-refractivity contribution in [2.24, 2.45) is 0 Å². The molecule has 1 aromatic heterocycles. The van der Waals surface area contributed by atoms with Crippen LogP contribution < -0.4 is 10.2 Å². The smallest absolute Gasteiger partial charge is 0.227 e. The molecule has 1 N–H and O–H groups in total. The van der Waals surface area contributed by atoms with Gasteiger partial charge < -0.3 is 10.2 Å². The zero-order valence-electron chi connectivity index (χ0n) is 16.6. The fourth-order valence-electron chi connectivity index (χ4n) is 3.85. The van der Waals surface area contributed by atoms with Crippen molar-refractivity contribution in [3.8, 4) is 0 Å². The zero-order valence-corrected chi connectivity index (χ0v) is 18.2. The minimum Gasteiger partial charge on any atom is -0.356 e. The number of anilines is 1. The normalized spacial score (nSPS) is 15.5. The molecular formula is C22H27N3O2S2. The number of thiazole rings is 1. The topological polar surface area (TPSA) is 62.3 Å². The van der Waals surface area contributed by atoms with Gasteiger partial charge in [-0.25, -0.2) is 4.98 Å². The minimum atomic E-state index is -0.0450. The van der Waals surface area contributed by atoms with Gasteiger partial charge in [-0.1, -0.05) is 12.1 Å². The van der Waals surface area contributed by atoms with Crippen LogP contribution >= 0.6 is 23.1 Å². The number of carbonyl (C=O) groups excluding carboxylic acids is 2. The predicted octanol–water partition coefficient (Wildman–Crippen LogP) is 3.99. The van der Waals surface area contributed by atoms with Gasteiger partial charge in [0, 0.05) is 47.9 Å². The van der Waals surface area contributed by atoms with Crippen molar-refractivity contribution in [3.63, 3.8) is 0 Å². The Balaban J connectivity index is 1.17. The molecule has 2 aromatic rings. The predicted molar refractivity (Wildman–Crippen MR) is 119 cm³/mol. The van der Waals surface area contributed by atoms with Crippen molar-refractivity contribution in [3.05, 3.63) is 39.8 Å². The Morgan fingerprint density at radius 1 is 1.14 bits per heavy atom. The third-order valence-electron chi connectivity index (χ3n) is 5.38. The molecule has 0 saturated heterocycles. The number of hydrogen-bond donors (Lipinski definition) is 1. The first-order valence-corrected chi connectivity index (χ1v) is 12.3. The molecule has 0 saturated carbocycles. The van der Waals surface area contributed by atoms with E-state index in [1.54, 1.807) is 11.8 Å². The van der Waals surface area contributed by atoms with Crippen LogP contribution in [0, 0.1) is 0 Å². The summed E-state index contributed by atoms with van der Waals surface area (Å²) in [6.45, 7) is 1.35. The number of benzene rings is 1. The van der Waals surface area contributed by atoms with Crippen LogP contribution in [0.25, 0.3) is 0 Å². The molecule has 154 valence electrons. The number of hydrogen-bond acceptors (Lipinski definition) is 5. The van der Waals surface area contributed by atoms with Gasteiger partial charge in [-0.15, -0.1) is 23.1 Å². The van der Waals surface area contributed by atoms with Gasteiger partial charge in [0.1, 0.15) is 0 Å². The van der Waals surface area contributed by atoms with Gasteiger partial charge in [0.25, 0.3) is 0 Å². The van der Waals surface area contributed by atoms with Crippen molar-refractivity contribution in [1.82, 2.24) is 10.3 Å². The van der Waals surface area contributed by atoms with Crippen LogP contribution in [0.4, 0.5) is 5.69 Å². The third-order valence-corrected chi connectivity index (χ3v) is 7.64. The summed E-state index contributed by atoms with van der Waals surface area (Å²) in [7, 11) is 0. The molecule has 0 spiro atoms. The number of carbonyl (C=O) groups is 2. The Hall–Kier alpha value is -1.86. The minimum absolute atomic E-state index is 0.0290. The van der Waals surface area contributed by atoms with Gasteiger partial charge in [-0.05, 0) is 44.2 Å². The Labute approximate surface area is 180 Å². The van der Waals surface area contributed by atoms with Crippen molar-refractivity contribution >= 4 is 40.6 Å². The van der Waals surface area contributed by atoms with Crippen LogP contribution in [-0.2, 0) is 28.9 Å². The molecule has 0 radical (unpaired) electrons. The van der Waals surface area contributed by atoms with E-state index in [-0.39, 0.29) is 24.7 Å². The second-order valence-electron chi connectivity index (χ2n) is 7.50. The Kier molecular flexibility index (Phi) is 6.87. The molecule has 29 heavy (non-hydrogen) atoms. The maximum Gasteiger partial charge on any atom is 0.227 e. The number of fused-ring (bicyclic) bond motifs is 2. The average Bonchev–Trinajstić information content (AvgIpc) is 3.17. The van der Waals surface area contributed by atoms with Gasteiger partial charge in [0.15, 0.2) is 0 Å². The van der Waals surface area contributed by atoms with E-state index in [1.807, 2.05) is 40.5 Å². The van der Waals surface area contributed by atoms with E-state index in [2.05, 4.69) is 5.32 Å². The molecule has 0 atom stereocenters. The maximum atomic E-state index is 12.6. The zero-order chi connectivity index (χ0) is 20.1. The Bertz CT molecular complexity index is 857. The lowest BCUT2D eigenvalue weighted by molar-refractivity contribution is -0.125. The maximum absolute atomic E-state index is 12.6. The number of aromatic nitrogens is 1. The molecule has 1 aliphatic carbocycles. The summed E-state index contributed by atoms with van der Waals surface area (Å²) in [5.74, 6) is 0.882. The lowest BCUT2D eigenvalue weighted by Gasteiger charge is -2.29. The molecule has 7 heteroatoms. The molecule has 0 fully saturated rings. The Morgan fingerprint density at radius 2 is 2.00 bits per heavy atom. The second-order valence-corrected chi connectivity index (χ2v) is 9.80. The summed E-state index contributed by atoms with van der Waals surface area (Å²) in [5, 5.41) is 4.15. The first-order chi connectivity index (χ1) is 14.2. The number of nitrogens with zero attached hydrogens (tertiary/aromatic N) is 2. The first kappa shape index (κ1) is 20.4. The lowest BCUT2D eigenvalue weighted by Crippen LogP contribution is -2.36. The summed E-state index contributed by atoms with van der Waals surface area (Å²) >= 11 is 3.62. The number of nitrogens with one attached hydrogen (secondary N) is 1. The third kappa shape index (κ3) is 5.20. The van der Waals surface area contributed by atoms with Crippen LogP contribution in [-0.4, -0.2) is 35.6 Å². The largest absolute Gasteiger partial charge is 0.356 e. The fraction of sp³-hybridized carbons (Fsp3) is 0.500. The van der Waals surface area contributed by atoms with E-state index in [4.69, 9.17) is 4.98 Å². The van der Waals surface area contributed by atoms with Crippen LogP contribution in [0.2, 0.25) is 0 Å². The average molecular weight is 430 g/mol. The molecule has 1 aliphatic heterocycles. The fourth-order valence-corrected chi connectivity index (χ4v) is 6.05. The molecule has 2 aliphatic rings. The highest BCUT2D eigenvalue weighted by Gasteiger charge is 2.22. The highest BCUT2D eigenvalue weighted by molar-refractivity contribution is 7.99. The van der Waals surface area contributed by atoms with E-state index >= 15 is 0 Å². The monoisotopic (exact) mass is 429 g/mol. The number of thioether (sulfide) groups is 1. The molecule has 4 rings (SSSR count). The number of rotatable bonds is 7. The highest BCUT2D eigenvalue weighted by atomic mass is 32.2. The van der Waals surface area contributed by atoms with Crippen LogP contribution in [0.3, 0.4) is 0 Å². The van der Waals surface area contributed by atoms with Crippen molar-refractivity contribution < 1.29 is 9.59 Å². The number of aryl methyl sites for hydroxylation is 3. The van der Waals surface area contributed by atoms with Gasteiger partial charge in [-0.2, -0.15) is 0 Å². The second kappa shape index (κ2) is 9.76. The van der Waals surface area contributed by atoms with Crippen LogP contribution in [0.5, 0.6) is 0 Å². The SMILES string of the molecule is O=C(CCC(=O)N1CCSc2ccccc21)NCCCc1nc2c(s1)CCCC2. The van der Waals surface area contributed by atoms with Gasteiger partial charge in [-0.3, -0.25) is 9.59 Å². The summed E-state index contributed by atoms with van der Waals surface area (Å²) in [6.07, 6.45) is 7.15. The van der Waals surface area contributed by atoms with E-state index in [9.17, 15) is 9.59 Å². The summed E-state index contributed by atoms with van der Waals surface area (Å²) in [5.41, 5.74) is 2.27.